The molecule has 0 atom stereocenters. The van der Waals surface area contributed by atoms with Gasteiger partial charge in [0.2, 0.25) is 0 Å². The molecule has 3 aromatic rings. The van der Waals surface area contributed by atoms with E-state index in [1.807, 2.05) is 48.5 Å². The van der Waals surface area contributed by atoms with E-state index in [-0.39, 0.29) is 29.9 Å². The van der Waals surface area contributed by atoms with E-state index < -0.39 is 0 Å². The van der Waals surface area contributed by atoms with E-state index in [4.69, 9.17) is 14.9 Å². The SMILES string of the molecule is N#C[Se]Cc1ccc(-c2nnc(-c3ccc(C[Se]C#N)cc3)o2)cc1. The van der Waals surface area contributed by atoms with Gasteiger partial charge in [0.25, 0.3) is 0 Å². The molecule has 2 aromatic carbocycles. The van der Waals surface area contributed by atoms with Crippen molar-refractivity contribution in [1.82, 2.24) is 10.2 Å². The number of nitriles is 2. The maximum atomic E-state index is 8.66. The molecule has 1 heterocycles. The molecule has 0 amide bonds. The van der Waals surface area contributed by atoms with Crippen molar-refractivity contribution in [2.24, 2.45) is 0 Å². The summed E-state index contributed by atoms with van der Waals surface area (Å²) in [5.74, 6) is 0.952. The first-order chi connectivity index (χ1) is 12.3. The first kappa shape index (κ1) is 17.4. The Kier molecular flexibility index (Phi) is 6.01. The summed E-state index contributed by atoms with van der Waals surface area (Å²) in [7, 11) is 0. The van der Waals surface area contributed by atoms with Crippen LogP contribution >= 0.6 is 0 Å². The molecule has 0 aliphatic carbocycles. The minimum absolute atomic E-state index is 0.0142. The Balaban J connectivity index is 1.74. The Morgan fingerprint density at radius 1 is 0.720 bits per heavy atom. The number of benzene rings is 2. The van der Waals surface area contributed by atoms with Gasteiger partial charge in [-0.3, -0.25) is 0 Å². The molecule has 0 unspecified atom stereocenters. The van der Waals surface area contributed by atoms with Crippen LogP contribution in [0.3, 0.4) is 0 Å². The fourth-order valence-electron chi connectivity index (χ4n) is 2.17. The molecule has 7 heteroatoms. The van der Waals surface area contributed by atoms with E-state index in [0.29, 0.717) is 11.8 Å². The zero-order valence-electron chi connectivity index (χ0n) is 13.0. The van der Waals surface area contributed by atoms with Gasteiger partial charge >= 0.3 is 158 Å². The van der Waals surface area contributed by atoms with Crippen LogP contribution in [0.1, 0.15) is 11.1 Å². The molecule has 1 aromatic heterocycles. The second-order valence-electron chi connectivity index (χ2n) is 5.07. The van der Waals surface area contributed by atoms with Crippen molar-refractivity contribution in [1.29, 1.82) is 10.5 Å². The standard InChI is InChI=1S/C18H12N4OSe2/c19-11-24-9-13-1-5-15(6-2-13)17-21-22-18(23-17)16-7-3-14(4-8-16)10-25-12-20/h1-8H,9-10H2. The third-order valence-corrected chi connectivity index (χ3v) is 5.98. The van der Waals surface area contributed by atoms with E-state index >= 15 is 0 Å². The van der Waals surface area contributed by atoms with Gasteiger partial charge in [0, 0.05) is 0 Å². The van der Waals surface area contributed by atoms with Gasteiger partial charge in [0.15, 0.2) is 0 Å². The fraction of sp³-hybridized carbons (Fsp3) is 0.111. The molecule has 0 fully saturated rings. The van der Waals surface area contributed by atoms with Gasteiger partial charge in [0.1, 0.15) is 0 Å². The molecule has 0 radical (unpaired) electrons. The van der Waals surface area contributed by atoms with E-state index in [0.717, 1.165) is 32.9 Å². The number of nitrogens with zero attached hydrogens (tertiary/aromatic N) is 4. The molecule has 3 rings (SSSR count). The van der Waals surface area contributed by atoms with Crippen LogP contribution in [0.4, 0.5) is 0 Å². The Morgan fingerprint density at radius 2 is 1.12 bits per heavy atom. The Labute approximate surface area is 158 Å². The molecular weight excluding hydrogens is 446 g/mol. The van der Waals surface area contributed by atoms with Crippen LogP contribution in [-0.2, 0) is 10.6 Å². The van der Waals surface area contributed by atoms with Gasteiger partial charge in [-0.05, 0) is 0 Å². The van der Waals surface area contributed by atoms with Crippen molar-refractivity contribution in [3.63, 3.8) is 0 Å². The summed E-state index contributed by atoms with van der Waals surface area (Å²) in [6.07, 6.45) is 0. The van der Waals surface area contributed by atoms with E-state index in [2.05, 4.69) is 20.1 Å². The number of aromatic nitrogens is 2. The molecular formula is C18H12N4OSe2. The predicted molar refractivity (Wildman–Crippen MR) is 95.3 cm³/mol. The normalized spacial score (nSPS) is 10.2. The average Bonchev–Trinajstić information content (AvgIpc) is 3.15. The molecule has 0 aliphatic heterocycles. The van der Waals surface area contributed by atoms with Gasteiger partial charge in [0.05, 0.1) is 0 Å². The van der Waals surface area contributed by atoms with E-state index in [9.17, 15) is 0 Å². The molecule has 0 saturated heterocycles. The van der Waals surface area contributed by atoms with Crippen molar-refractivity contribution in [2.45, 2.75) is 10.6 Å². The fourth-order valence-corrected chi connectivity index (χ4v) is 3.95. The van der Waals surface area contributed by atoms with Crippen molar-refractivity contribution >= 4 is 29.9 Å². The first-order valence-corrected chi connectivity index (χ1v) is 11.5. The first-order valence-electron chi connectivity index (χ1n) is 7.34. The molecule has 0 saturated carbocycles. The van der Waals surface area contributed by atoms with Crippen molar-refractivity contribution in [3.8, 4) is 32.8 Å². The molecule has 0 N–H and O–H groups in total. The molecule has 25 heavy (non-hydrogen) atoms. The Hall–Kier alpha value is -2.40. The third-order valence-electron chi connectivity index (χ3n) is 3.43. The number of rotatable bonds is 6. The molecule has 0 aliphatic rings. The Morgan fingerprint density at radius 3 is 1.48 bits per heavy atom. The number of hydrogen-bond donors (Lipinski definition) is 0. The zero-order valence-corrected chi connectivity index (χ0v) is 16.5. The summed E-state index contributed by atoms with van der Waals surface area (Å²) in [4.78, 5) is 4.41. The maximum absolute atomic E-state index is 8.66. The van der Waals surface area contributed by atoms with Crippen molar-refractivity contribution < 1.29 is 4.42 Å². The summed E-state index contributed by atoms with van der Waals surface area (Å²) in [6.45, 7) is 0. The molecule has 0 spiro atoms. The van der Waals surface area contributed by atoms with Crippen LogP contribution in [0, 0.1) is 20.5 Å². The third kappa shape index (κ3) is 4.57. The predicted octanol–water partition coefficient (Wildman–Crippen LogP) is 2.77. The van der Waals surface area contributed by atoms with Crippen molar-refractivity contribution in [3.05, 3.63) is 59.7 Å². The van der Waals surface area contributed by atoms with Gasteiger partial charge < -0.3 is 0 Å². The van der Waals surface area contributed by atoms with Crippen LogP contribution in [0.5, 0.6) is 0 Å². The molecule has 5 nitrogen and oxygen atoms in total. The van der Waals surface area contributed by atoms with Crippen LogP contribution in [0.2, 0.25) is 0 Å². The van der Waals surface area contributed by atoms with Gasteiger partial charge in [-0.15, -0.1) is 0 Å². The van der Waals surface area contributed by atoms with E-state index in [1.54, 1.807) is 0 Å². The molecule has 0 bridgehead atoms. The monoisotopic (exact) mass is 460 g/mol. The second-order valence-corrected chi connectivity index (χ2v) is 8.25. The summed E-state index contributed by atoms with van der Waals surface area (Å²) in [5.41, 5.74) is 4.00. The molecule has 122 valence electrons. The van der Waals surface area contributed by atoms with Crippen LogP contribution in [-0.4, -0.2) is 40.1 Å². The summed E-state index contributed by atoms with van der Waals surface area (Å²) < 4.78 is 5.78. The van der Waals surface area contributed by atoms with Crippen molar-refractivity contribution in [2.75, 3.05) is 0 Å². The topological polar surface area (TPSA) is 86.5 Å². The quantitative estimate of drug-likeness (QED) is 0.531. The second kappa shape index (κ2) is 8.62. The number of hydrogen-bond acceptors (Lipinski definition) is 5. The van der Waals surface area contributed by atoms with Crippen LogP contribution < -0.4 is 0 Å². The Bertz CT molecular complexity index is 845. The van der Waals surface area contributed by atoms with Crippen LogP contribution in [0.15, 0.2) is 52.9 Å². The summed E-state index contributed by atoms with van der Waals surface area (Å²) in [6, 6.07) is 15.7. The minimum atomic E-state index is -0.0142. The van der Waals surface area contributed by atoms with Gasteiger partial charge in [-0.1, -0.05) is 0 Å². The van der Waals surface area contributed by atoms with Gasteiger partial charge in [-0.2, -0.15) is 0 Å². The van der Waals surface area contributed by atoms with E-state index in [1.165, 1.54) is 0 Å². The van der Waals surface area contributed by atoms with Gasteiger partial charge in [-0.25, -0.2) is 0 Å². The summed E-state index contributed by atoms with van der Waals surface area (Å²) in [5, 5.41) is 27.2. The zero-order chi connectivity index (χ0) is 17.5. The average molecular weight is 458 g/mol. The van der Waals surface area contributed by atoms with Crippen LogP contribution in [0.25, 0.3) is 22.9 Å². The summed E-state index contributed by atoms with van der Waals surface area (Å²) >= 11 is -0.0284.